The Morgan fingerprint density at radius 3 is 2.33 bits per heavy atom. The van der Waals surface area contributed by atoms with E-state index in [1.807, 2.05) is 0 Å². The minimum atomic E-state index is -2.37. The van der Waals surface area contributed by atoms with Gasteiger partial charge in [0.2, 0.25) is 5.79 Å². The van der Waals surface area contributed by atoms with Crippen molar-refractivity contribution in [1.82, 2.24) is 0 Å². The largest absolute Gasteiger partial charge is 0.504 e. The molecule has 2 heterocycles. The molecule has 14 nitrogen and oxygen atoms in total. The summed E-state index contributed by atoms with van der Waals surface area (Å²) in [5.74, 6) is -3.35. The number of aliphatic hydroxyl groups excluding tert-OH is 7. The lowest BCUT2D eigenvalue weighted by Gasteiger charge is -2.43. The summed E-state index contributed by atoms with van der Waals surface area (Å²) in [6.45, 7) is -2.59. The van der Waals surface area contributed by atoms with Crippen molar-refractivity contribution in [3.63, 3.8) is 0 Å². The number of phenolic OH excluding ortho intramolecular Hbond substituents is 1. The van der Waals surface area contributed by atoms with E-state index < -0.39 is 80.6 Å². The first-order valence-electron chi connectivity index (χ1n) is 10.9. The Morgan fingerprint density at radius 2 is 1.72 bits per heavy atom. The van der Waals surface area contributed by atoms with Crippen LogP contribution >= 0.6 is 0 Å². The predicted octanol–water partition coefficient (Wildman–Crippen LogP) is -3.42. The number of carbonyl (C=O) groups excluding carboxylic acids is 1. The van der Waals surface area contributed by atoms with Gasteiger partial charge in [-0.25, -0.2) is 4.79 Å². The van der Waals surface area contributed by atoms with E-state index in [1.54, 1.807) is 0 Å². The molecule has 2 fully saturated rings. The first-order chi connectivity index (χ1) is 17.1. The Kier molecular flexibility index (Phi) is 9.23. The molecule has 8 N–H and O–H groups in total. The van der Waals surface area contributed by atoms with Gasteiger partial charge in [0.1, 0.15) is 43.2 Å². The number of hydrogen-bond donors (Lipinski definition) is 8. The second-order valence-corrected chi connectivity index (χ2v) is 8.24. The van der Waals surface area contributed by atoms with Gasteiger partial charge in [0.05, 0.1) is 20.3 Å². The zero-order valence-electron chi connectivity index (χ0n) is 19.2. The van der Waals surface area contributed by atoms with E-state index in [9.17, 15) is 45.6 Å². The normalized spacial score (nSPS) is 36.8. The summed E-state index contributed by atoms with van der Waals surface area (Å²) < 4.78 is 26.5. The molecule has 0 aromatic heterocycles. The van der Waals surface area contributed by atoms with Crippen molar-refractivity contribution in [1.29, 1.82) is 0 Å². The zero-order chi connectivity index (χ0) is 26.6. The monoisotopic (exact) mass is 518 g/mol. The van der Waals surface area contributed by atoms with Crippen LogP contribution in [0.4, 0.5) is 0 Å². The van der Waals surface area contributed by atoms with Crippen LogP contribution in [0.25, 0.3) is 6.08 Å². The maximum absolute atomic E-state index is 12.5. The summed E-state index contributed by atoms with van der Waals surface area (Å²) in [5, 5.41) is 79.5. The van der Waals surface area contributed by atoms with Crippen molar-refractivity contribution in [3.05, 3.63) is 29.8 Å². The lowest BCUT2D eigenvalue weighted by atomic mass is 9.99. The standard InChI is InChI=1S/C22H30O14/c1-32-12-6-10(2-4-11(12)26)3-5-15(27)34-20-17(29)14(8-24)35-22(20,9-25)36-21-19(31)18(30)16(28)13(7-23)33-21/h2-6,13-14,16-21,23-26,28-31H,7-9H2,1H3/b5-3+/t13-,14-,16-,17-,18+,19-,20+,21+,22+/m1/s1. The second kappa shape index (κ2) is 11.8. The quantitative estimate of drug-likeness (QED) is 0.118. The molecule has 1 aromatic rings. The van der Waals surface area contributed by atoms with E-state index in [0.29, 0.717) is 5.56 Å². The Balaban J connectivity index is 1.81. The average Bonchev–Trinajstić information content (AvgIpc) is 3.14. The van der Waals surface area contributed by atoms with Crippen molar-refractivity contribution in [2.75, 3.05) is 26.9 Å². The van der Waals surface area contributed by atoms with Crippen LogP contribution in [0.2, 0.25) is 0 Å². The number of rotatable bonds is 9. The Hall–Kier alpha value is -2.37. The van der Waals surface area contributed by atoms with Gasteiger partial charge in [0.25, 0.3) is 0 Å². The minimum Gasteiger partial charge on any atom is -0.504 e. The third kappa shape index (κ3) is 5.63. The molecule has 36 heavy (non-hydrogen) atoms. The van der Waals surface area contributed by atoms with Crippen molar-refractivity contribution < 1.29 is 69.3 Å². The maximum Gasteiger partial charge on any atom is 0.331 e. The highest BCUT2D eigenvalue weighted by atomic mass is 16.8. The number of ether oxygens (including phenoxy) is 5. The first kappa shape index (κ1) is 28.2. The fraction of sp³-hybridized carbons (Fsp3) is 0.591. The van der Waals surface area contributed by atoms with Gasteiger partial charge in [-0.05, 0) is 23.8 Å². The molecule has 2 aliphatic heterocycles. The van der Waals surface area contributed by atoms with E-state index in [2.05, 4.69) is 0 Å². The number of carbonyl (C=O) groups is 1. The van der Waals surface area contributed by atoms with E-state index in [1.165, 1.54) is 31.4 Å². The smallest absolute Gasteiger partial charge is 0.331 e. The van der Waals surface area contributed by atoms with Crippen LogP contribution in [-0.2, 0) is 23.7 Å². The molecule has 0 saturated carbocycles. The van der Waals surface area contributed by atoms with E-state index in [-0.39, 0.29) is 11.5 Å². The lowest BCUT2D eigenvalue weighted by Crippen LogP contribution is -2.63. The van der Waals surface area contributed by atoms with Crippen molar-refractivity contribution in [2.24, 2.45) is 0 Å². The molecular formula is C22H30O14. The molecule has 0 radical (unpaired) electrons. The van der Waals surface area contributed by atoms with Crippen LogP contribution in [0.3, 0.4) is 0 Å². The summed E-state index contributed by atoms with van der Waals surface area (Å²) >= 11 is 0. The van der Waals surface area contributed by atoms with Gasteiger partial charge in [-0.1, -0.05) is 6.07 Å². The Morgan fingerprint density at radius 1 is 1.03 bits per heavy atom. The number of esters is 1. The van der Waals surface area contributed by atoms with Crippen LogP contribution in [0.5, 0.6) is 11.5 Å². The van der Waals surface area contributed by atoms with E-state index in [4.69, 9.17) is 23.7 Å². The molecule has 1 aromatic carbocycles. The third-order valence-electron chi connectivity index (χ3n) is 5.90. The van der Waals surface area contributed by atoms with Crippen LogP contribution in [-0.4, -0.2) is 129 Å². The van der Waals surface area contributed by atoms with Crippen LogP contribution < -0.4 is 4.74 Å². The number of aromatic hydroxyl groups is 1. The van der Waals surface area contributed by atoms with Crippen LogP contribution in [0, 0.1) is 0 Å². The molecule has 2 aliphatic rings. The molecular weight excluding hydrogens is 488 g/mol. The molecule has 0 spiro atoms. The second-order valence-electron chi connectivity index (χ2n) is 8.24. The Bertz CT molecular complexity index is 922. The summed E-state index contributed by atoms with van der Waals surface area (Å²) in [5.41, 5.74) is 0.448. The highest BCUT2D eigenvalue weighted by Gasteiger charge is 2.60. The summed E-state index contributed by atoms with van der Waals surface area (Å²) in [6.07, 6.45) is -11.1. The number of benzene rings is 1. The molecule has 9 atom stereocenters. The maximum atomic E-state index is 12.5. The molecule has 0 amide bonds. The SMILES string of the molecule is COc1cc(/C=C/C(=O)O[C@H]2[C@H](O)[C@@H](CO)O[C@@]2(CO)O[C@@H]2O[C@H](CO)[C@@H](O)[C@H](O)[C@H]2O)ccc1O. The van der Waals surface area contributed by atoms with Gasteiger partial charge in [0.15, 0.2) is 23.9 Å². The number of hydrogen-bond acceptors (Lipinski definition) is 14. The zero-order valence-corrected chi connectivity index (χ0v) is 19.2. The molecule has 202 valence electrons. The highest BCUT2D eigenvalue weighted by molar-refractivity contribution is 5.87. The molecule has 0 aliphatic carbocycles. The molecule has 2 saturated heterocycles. The van der Waals surface area contributed by atoms with Crippen LogP contribution in [0.1, 0.15) is 5.56 Å². The van der Waals surface area contributed by atoms with Gasteiger partial charge in [-0.3, -0.25) is 0 Å². The summed E-state index contributed by atoms with van der Waals surface area (Å²) in [7, 11) is 1.35. The first-order valence-corrected chi connectivity index (χ1v) is 10.9. The Labute approximate surface area is 205 Å². The molecule has 3 rings (SSSR count). The van der Waals surface area contributed by atoms with Gasteiger partial charge in [0, 0.05) is 6.08 Å². The average molecular weight is 518 g/mol. The van der Waals surface area contributed by atoms with Crippen molar-refractivity contribution >= 4 is 12.0 Å². The molecule has 0 bridgehead atoms. The molecule has 0 unspecified atom stereocenters. The molecule has 14 heteroatoms. The minimum absolute atomic E-state index is 0.114. The van der Waals surface area contributed by atoms with Gasteiger partial charge in [-0.15, -0.1) is 0 Å². The predicted molar refractivity (Wildman–Crippen MR) is 116 cm³/mol. The fourth-order valence-electron chi connectivity index (χ4n) is 3.90. The lowest BCUT2D eigenvalue weighted by molar-refractivity contribution is -0.383. The van der Waals surface area contributed by atoms with Crippen molar-refractivity contribution in [3.8, 4) is 11.5 Å². The third-order valence-corrected chi connectivity index (χ3v) is 5.90. The summed E-state index contributed by atoms with van der Waals surface area (Å²) in [4.78, 5) is 12.5. The topological polar surface area (TPSA) is 225 Å². The van der Waals surface area contributed by atoms with Gasteiger partial charge < -0.3 is 64.5 Å². The van der Waals surface area contributed by atoms with E-state index in [0.717, 1.165) is 6.08 Å². The number of aliphatic hydroxyl groups is 7. The summed E-state index contributed by atoms with van der Waals surface area (Å²) in [6, 6.07) is 4.27. The van der Waals surface area contributed by atoms with Gasteiger partial charge in [-0.2, -0.15) is 0 Å². The van der Waals surface area contributed by atoms with E-state index >= 15 is 0 Å². The fourth-order valence-corrected chi connectivity index (χ4v) is 3.90. The number of phenols is 1. The van der Waals surface area contributed by atoms with Crippen LogP contribution in [0.15, 0.2) is 24.3 Å². The van der Waals surface area contributed by atoms with Gasteiger partial charge >= 0.3 is 5.97 Å². The number of methoxy groups -OCH3 is 1. The van der Waals surface area contributed by atoms with Crippen molar-refractivity contribution in [2.45, 2.75) is 54.8 Å². The highest BCUT2D eigenvalue weighted by Crippen LogP contribution is 2.38.